The fourth-order valence-electron chi connectivity index (χ4n) is 1.71. The Labute approximate surface area is 110 Å². The average Bonchev–Trinajstić information content (AvgIpc) is 2.45. The van der Waals surface area contributed by atoms with Crippen LogP contribution < -0.4 is 9.47 Å². The van der Waals surface area contributed by atoms with Crippen molar-refractivity contribution in [2.75, 3.05) is 13.7 Å². The van der Waals surface area contributed by atoms with Crippen LogP contribution in [0.2, 0.25) is 0 Å². The molecule has 1 aromatic carbocycles. The Kier molecular flexibility index (Phi) is 3.12. The monoisotopic (exact) mass is 256 g/mol. The van der Waals surface area contributed by atoms with Crippen LogP contribution in [-0.4, -0.2) is 23.9 Å². The van der Waals surface area contributed by atoms with Crippen LogP contribution in [0.3, 0.4) is 0 Å². The Balaban J connectivity index is 1.87. The molecular formula is C14H12N2O3. The number of benzene rings is 1. The number of aromatic nitrogens is 2. The molecule has 5 nitrogen and oxygen atoms in total. The van der Waals surface area contributed by atoms with Gasteiger partial charge in [-0.05, 0) is 18.2 Å². The van der Waals surface area contributed by atoms with E-state index in [1.165, 1.54) is 0 Å². The van der Waals surface area contributed by atoms with E-state index < -0.39 is 0 Å². The Morgan fingerprint density at radius 1 is 1.11 bits per heavy atom. The summed E-state index contributed by atoms with van der Waals surface area (Å²) in [5.41, 5.74) is 0.693. The SMILES string of the molecule is COC/C=C/c1cc2c(nn1)Oc1ccccc1O2. The van der Waals surface area contributed by atoms with Crippen molar-refractivity contribution in [3.63, 3.8) is 0 Å². The molecule has 19 heavy (non-hydrogen) atoms. The highest BCUT2D eigenvalue weighted by atomic mass is 16.6. The molecule has 0 N–H and O–H groups in total. The third-order valence-corrected chi connectivity index (χ3v) is 2.57. The smallest absolute Gasteiger partial charge is 0.282 e. The molecule has 0 saturated carbocycles. The normalized spacial score (nSPS) is 12.5. The number of hydrogen-bond acceptors (Lipinski definition) is 5. The summed E-state index contributed by atoms with van der Waals surface area (Å²) in [6, 6.07) is 9.22. The molecule has 0 fully saturated rings. The second-order valence-electron chi connectivity index (χ2n) is 3.95. The third kappa shape index (κ3) is 2.41. The van der Waals surface area contributed by atoms with E-state index in [0.29, 0.717) is 35.4 Å². The first-order chi connectivity index (χ1) is 9.36. The second kappa shape index (κ2) is 5.07. The van der Waals surface area contributed by atoms with Gasteiger partial charge in [-0.25, -0.2) is 0 Å². The standard InChI is InChI=1S/C14H12N2O3/c1-17-8-4-5-10-9-13-14(16-15-10)19-12-7-3-2-6-11(12)18-13/h2-7,9H,8H2,1H3/b5-4+. The van der Waals surface area contributed by atoms with E-state index >= 15 is 0 Å². The van der Waals surface area contributed by atoms with Crippen LogP contribution in [0.5, 0.6) is 23.1 Å². The van der Waals surface area contributed by atoms with Crippen molar-refractivity contribution in [3.8, 4) is 23.1 Å². The van der Waals surface area contributed by atoms with Crippen LogP contribution in [0.4, 0.5) is 0 Å². The van der Waals surface area contributed by atoms with E-state index in [-0.39, 0.29) is 0 Å². The largest absolute Gasteiger partial charge is 0.448 e. The van der Waals surface area contributed by atoms with Crippen molar-refractivity contribution >= 4 is 6.08 Å². The zero-order chi connectivity index (χ0) is 13.1. The van der Waals surface area contributed by atoms with Crippen molar-refractivity contribution in [2.24, 2.45) is 0 Å². The fraction of sp³-hybridized carbons (Fsp3) is 0.143. The summed E-state index contributed by atoms with van der Waals surface area (Å²) in [5, 5.41) is 8.05. The molecule has 0 spiro atoms. The zero-order valence-electron chi connectivity index (χ0n) is 10.4. The minimum absolute atomic E-state index is 0.377. The van der Waals surface area contributed by atoms with Gasteiger partial charge in [0.2, 0.25) is 0 Å². The van der Waals surface area contributed by atoms with Gasteiger partial charge in [0.05, 0.1) is 12.3 Å². The maximum Gasteiger partial charge on any atom is 0.282 e. The summed E-state index contributed by atoms with van der Waals surface area (Å²) in [6.07, 6.45) is 3.68. The van der Waals surface area contributed by atoms with E-state index in [2.05, 4.69) is 10.2 Å². The molecule has 2 aromatic rings. The topological polar surface area (TPSA) is 53.5 Å². The maximum atomic E-state index is 5.73. The number of nitrogens with zero attached hydrogens (tertiary/aromatic N) is 2. The van der Waals surface area contributed by atoms with Gasteiger partial charge in [0.1, 0.15) is 0 Å². The predicted octanol–water partition coefficient (Wildman–Crippen LogP) is 3.03. The minimum Gasteiger partial charge on any atom is -0.448 e. The average molecular weight is 256 g/mol. The summed E-state index contributed by atoms with van der Waals surface area (Å²) in [5.74, 6) is 2.26. The van der Waals surface area contributed by atoms with Gasteiger partial charge in [0.25, 0.3) is 5.88 Å². The molecule has 1 aliphatic rings. The van der Waals surface area contributed by atoms with Crippen LogP contribution in [0.15, 0.2) is 36.4 Å². The lowest BCUT2D eigenvalue weighted by Gasteiger charge is -2.18. The number of rotatable bonds is 3. The molecular weight excluding hydrogens is 244 g/mol. The number of methoxy groups -OCH3 is 1. The lowest BCUT2D eigenvalue weighted by atomic mass is 10.3. The van der Waals surface area contributed by atoms with Crippen LogP contribution in [0.1, 0.15) is 5.69 Å². The summed E-state index contributed by atoms with van der Waals surface area (Å²) < 4.78 is 16.3. The van der Waals surface area contributed by atoms with Gasteiger partial charge in [0.15, 0.2) is 17.2 Å². The van der Waals surface area contributed by atoms with E-state index in [1.54, 1.807) is 13.2 Å². The summed E-state index contributed by atoms with van der Waals surface area (Å²) >= 11 is 0. The lowest BCUT2D eigenvalue weighted by molar-refractivity contribution is 0.234. The van der Waals surface area contributed by atoms with Gasteiger partial charge < -0.3 is 14.2 Å². The molecule has 3 rings (SSSR count). The molecule has 0 aliphatic carbocycles. The van der Waals surface area contributed by atoms with E-state index in [4.69, 9.17) is 14.2 Å². The molecule has 0 saturated heterocycles. The van der Waals surface area contributed by atoms with Crippen molar-refractivity contribution in [3.05, 3.63) is 42.1 Å². The predicted molar refractivity (Wildman–Crippen MR) is 69.5 cm³/mol. The van der Waals surface area contributed by atoms with Crippen molar-refractivity contribution in [2.45, 2.75) is 0 Å². The molecule has 0 bridgehead atoms. The van der Waals surface area contributed by atoms with E-state index in [9.17, 15) is 0 Å². The maximum absolute atomic E-state index is 5.73. The van der Waals surface area contributed by atoms with Gasteiger partial charge in [0, 0.05) is 13.2 Å². The number of fused-ring (bicyclic) bond motifs is 2. The van der Waals surface area contributed by atoms with Crippen LogP contribution in [0.25, 0.3) is 6.08 Å². The third-order valence-electron chi connectivity index (χ3n) is 2.57. The highest BCUT2D eigenvalue weighted by Gasteiger charge is 2.20. The van der Waals surface area contributed by atoms with Crippen LogP contribution in [0, 0.1) is 0 Å². The quantitative estimate of drug-likeness (QED) is 0.721. The van der Waals surface area contributed by atoms with Crippen molar-refractivity contribution in [1.82, 2.24) is 10.2 Å². The van der Waals surface area contributed by atoms with Gasteiger partial charge >= 0.3 is 0 Å². The Bertz CT molecular complexity index is 626. The molecule has 0 unspecified atom stereocenters. The fourth-order valence-corrected chi connectivity index (χ4v) is 1.71. The van der Waals surface area contributed by atoms with E-state index in [0.717, 1.165) is 0 Å². The molecule has 1 aromatic heterocycles. The first-order valence-corrected chi connectivity index (χ1v) is 5.85. The van der Waals surface area contributed by atoms with Crippen LogP contribution >= 0.6 is 0 Å². The second-order valence-corrected chi connectivity index (χ2v) is 3.95. The highest BCUT2D eigenvalue weighted by molar-refractivity contribution is 5.55. The molecule has 96 valence electrons. The number of para-hydroxylation sites is 2. The van der Waals surface area contributed by atoms with E-state index in [1.807, 2.05) is 36.4 Å². The Morgan fingerprint density at radius 2 is 1.89 bits per heavy atom. The molecule has 0 atom stereocenters. The molecule has 0 radical (unpaired) electrons. The lowest BCUT2D eigenvalue weighted by Crippen LogP contribution is -2.02. The van der Waals surface area contributed by atoms with Crippen LogP contribution in [-0.2, 0) is 4.74 Å². The van der Waals surface area contributed by atoms with Gasteiger partial charge in [-0.3, -0.25) is 0 Å². The molecule has 1 aliphatic heterocycles. The van der Waals surface area contributed by atoms with Crippen molar-refractivity contribution < 1.29 is 14.2 Å². The summed E-state index contributed by atoms with van der Waals surface area (Å²) in [6.45, 7) is 0.527. The highest BCUT2D eigenvalue weighted by Crippen LogP contribution is 2.43. The molecule has 0 amide bonds. The molecule has 5 heteroatoms. The zero-order valence-corrected chi connectivity index (χ0v) is 10.4. The van der Waals surface area contributed by atoms with Gasteiger partial charge in [-0.2, -0.15) is 0 Å². The first-order valence-electron chi connectivity index (χ1n) is 5.85. The minimum atomic E-state index is 0.377. The number of hydrogen-bond donors (Lipinski definition) is 0. The Hall–Kier alpha value is -2.40. The Morgan fingerprint density at radius 3 is 2.68 bits per heavy atom. The molecule has 2 heterocycles. The first kappa shape index (κ1) is 11.7. The van der Waals surface area contributed by atoms with Crippen molar-refractivity contribution in [1.29, 1.82) is 0 Å². The summed E-state index contributed by atoms with van der Waals surface area (Å²) in [7, 11) is 1.64. The van der Waals surface area contributed by atoms with Gasteiger partial charge in [-0.1, -0.05) is 18.2 Å². The number of ether oxygens (including phenoxy) is 3. The van der Waals surface area contributed by atoms with Gasteiger partial charge in [-0.15, -0.1) is 10.2 Å². The summed E-state index contributed by atoms with van der Waals surface area (Å²) in [4.78, 5) is 0.